The topological polar surface area (TPSA) is 175 Å². The number of hydrogen-bond donors (Lipinski definition) is 3. The van der Waals surface area contributed by atoms with E-state index in [1.165, 1.54) is 20.4 Å². The van der Waals surface area contributed by atoms with Gasteiger partial charge in [0.1, 0.15) is 38.3 Å². The number of likely N-dealkylation sites (tertiary alicyclic amines) is 1. The third-order valence-electron chi connectivity index (χ3n) is 12.3. The van der Waals surface area contributed by atoms with Crippen LogP contribution < -0.4 is 5.32 Å². The summed E-state index contributed by atoms with van der Waals surface area (Å²) in [5.41, 5.74) is 5.35. The molecular weight excluding hydrogens is 908 g/mol. The first-order valence-corrected chi connectivity index (χ1v) is 22.4. The molecule has 1 aliphatic heterocycles. The molecular formula is C45H56Br2N8O6. The smallest absolute Gasteiger partial charge is 0.432 e. The molecule has 0 bridgehead atoms. The monoisotopic (exact) mass is 962 g/mol. The van der Waals surface area contributed by atoms with Gasteiger partial charge in [-0.2, -0.15) is 4.99 Å². The number of rotatable bonds is 13. The summed E-state index contributed by atoms with van der Waals surface area (Å²) in [4.78, 5) is 76.2. The molecule has 1 aliphatic carbocycles. The number of benzene rings is 2. The SMILES string of the molecule is COC(=O)N=CC(C(=O)N(Cc1nc(-c2ccc(-c3ccc(-c4nc(C5CC(C)C(C)N5C(=O)C(NC(=O)OC)C(C)C)[nH]c4Br)cc3)cc2)c(Br)[nH]1)C1CCC1C)C(C)C. The van der Waals surface area contributed by atoms with E-state index in [1.54, 1.807) is 0 Å². The van der Waals surface area contributed by atoms with Crippen LogP contribution in [0.2, 0.25) is 0 Å². The van der Waals surface area contributed by atoms with Crippen LogP contribution in [-0.2, 0) is 25.6 Å². The molecule has 7 unspecified atom stereocenters. The van der Waals surface area contributed by atoms with Gasteiger partial charge in [-0.25, -0.2) is 19.6 Å². The van der Waals surface area contributed by atoms with Crippen molar-refractivity contribution in [3.63, 3.8) is 0 Å². The predicted octanol–water partition coefficient (Wildman–Crippen LogP) is 9.57. The van der Waals surface area contributed by atoms with E-state index in [0.29, 0.717) is 24.1 Å². The van der Waals surface area contributed by atoms with Gasteiger partial charge in [0.05, 0.1) is 32.7 Å². The highest BCUT2D eigenvalue weighted by atomic mass is 79.9. The van der Waals surface area contributed by atoms with Gasteiger partial charge in [-0.1, -0.05) is 90.1 Å². The van der Waals surface area contributed by atoms with Crippen molar-refractivity contribution < 1.29 is 28.7 Å². The van der Waals surface area contributed by atoms with Gasteiger partial charge in [-0.05, 0) is 92.8 Å². The summed E-state index contributed by atoms with van der Waals surface area (Å²) < 4.78 is 10.9. The van der Waals surface area contributed by atoms with Crippen LogP contribution in [0.25, 0.3) is 33.6 Å². The molecule has 16 heteroatoms. The minimum absolute atomic E-state index is 0.0563. The number of ether oxygens (including phenoxy) is 2. The Morgan fingerprint density at radius 3 is 1.92 bits per heavy atom. The number of aromatic amines is 2. The van der Waals surface area contributed by atoms with Crippen LogP contribution in [-0.4, -0.2) is 92.3 Å². The standard InChI is InChI=1S/C45H56Br2N8O6/c1-23(2)32(21-48-44(58)60-8)42(56)54(33-19-10-25(33)5)22-35-49-37(39(46)50-35)30-15-11-28(12-16-30)29-13-17-31(18-14-29)38-40(47)53-41(51-38)34-20-26(6)27(7)55(34)43(57)36(24(3)4)52-45(59)61-9/h11-18,21,23-27,32-34,36H,10,19-20,22H2,1-9H3,(H,49,50)(H,51,53)(H,52,59). The molecule has 0 radical (unpaired) electrons. The van der Waals surface area contributed by atoms with E-state index in [9.17, 15) is 19.2 Å². The van der Waals surface area contributed by atoms with Gasteiger partial charge in [-0.15, -0.1) is 0 Å². The van der Waals surface area contributed by atoms with Crippen molar-refractivity contribution in [3.8, 4) is 33.6 Å². The molecule has 0 spiro atoms. The molecule has 326 valence electrons. The number of hydrogen-bond acceptors (Lipinski definition) is 8. The van der Waals surface area contributed by atoms with Crippen molar-refractivity contribution >= 4 is 62.1 Å². The van der Waals surface area contributed by atoms with E-state index in [1.807, 2.05) is 68.7 Å². The fourth-order valence-corrected chi connectivity index (χ4v) is 9.31. The number of methoxy groups -OCH3 is 2. The summed E-state index contributed by atoms with van der Waals surface area (Å²) in [5, 5.41) is 2.73. The maximum absolute atomic E-state index is 14.0. The van der Waals surface area contributed by atoms with E-state index in [2.05, 4.69) is 95.0 Å². The maximum Gasteiger partial charge on any atom is 0.432 e. The van der Waals surface area contributed by atoms with Gasteiger partial charge in [-0.3, -0.25) is 9.59 Å². The fourth-order valence-electron chi connectivity index (χ4n) is 8.24. The Hall–Kier alpha value is -4.83. The highest BCUT2D eigenvalue weighted by Gasteiger charge is 2.45. The van der Waals surface area contributed by atoms with Crippen molar-refractivity contribution in [2.24, 2.45) is 34.6 Å². The van der Waals surface area contributed by atoms with Gasteiger partial charge < -0.3 is 34.6 Å². The molecule has 2 aromatic heterocycles. The van der Waals surface area contributed by atoms with Crippen LogP contribution in [0.15, 0.2) is 62.7 Å². The average Bonchev–Trinajstić information content (AvgIpc) is 3.91. The number of amides is 4. The number of aliphatic imine (C=N–C) groups is 1. The van der Waals surface area contributed by atoms with Gasteiger partial charge in [0.15, 0.2) is 0 Å². The lowest BCUT2D eigenvalue weighted by molar-refractivity contribution is -0.141. The number of H-pyrrole nitrogens is 2. The number of nitrogens with zero attached hydrogens (tertiary/aromatic N) is 5. The van der Waals surface area contributed by atoms with Crippen LogP contribution >= 0.6 is 31.9 Å². The lowest BCUT2D eigenvalue weighted by Gasteiger charge is -2.43. The third-order valence-corrected chi connectivity index (χ3v) is 13.4. The quantitative estimate of drug-likeness (QED) is 0.111. The summed E-state index contributed by atoms with van der Waals surface area (Å²) in [5.74, 6) is 0.853. The molecule has 3 N–H and O–H groups in total. The Balaban J connectivity index is 1.17. The van der Waals surface area contributed by atoms with Crippen LogP contribution in [0.5, 0.6) is 0 Å². The Bertz CT molecular complexity index is 2240. The van der Waals surface area contributed by atoms with Crippen molar-refractivity contribution in [3.05, 3.63) is 69.4 Å². The second kappa shape index (κ2) is 19.5. The van der Waals surface area contributed by atoms with Gasteiger partial charge in [0, 0.05) is 29.4 Å². The molecule has 14 nitrogen and oxygen atoms in total. The second-order valence-corrected chi connectivity index (χ2v) is 18.6. The van der Waals surface area contributed by atoms with Crippen LogP contribution in [0.1, 0.15) is 85.4 Å². The molecule has 4 amide bonds. The number of nitrogens with one attached hydrogen (secondary N) is 3. The first-order valence-electron chi connectivity index (χ1n) is 20.8. The summed E-state index contributed by atoms with van der Waals surface area (Å²) in [6.07, 6.45) is 2.71. The number of carbonyl (C=O) groups excluding carboxylic acids is 4. The van der Waals surface area contributed by atoms with E-state index in [-0.39, 0.29) is 47.7 Å². The van der Waals surface area contributed by atoms with E-state index in [0.717, 1.165) is 62.1 Å². The Labute approximate surface area is 374 Å². The van der Waals surface area contributed by atoms with Crippen molar-refractivity contribution in [2.45, 2.75) is 98.4 Å². The lowest BCUT2D eigenvalue weighted by Crippen LogP contribution is -2.53. The first-order chi connectivity index (χ1) is 29.0. The molecule has 2 aliphatic rings. The summed E-state index contributed by atoms with van der Waals surface area (Å²) in [6.45, 7) is 14.3. The Morgan fingerprint density at radius 1 is 0.836 bits per heavy atom. The summed E-state index contributed by atoms with van der Waals surface area (Å²) >= 11 is 7.38. The zero-order chi connectivity index (χ0) is 44.3. The molecule has 1 saturated heterocycles. The van der Waals surface area contributed by atoms with Gasteiger partial charge in [0.25, 0.3) is 0 Å². The normalized spacial score (nSPS) is 21.1. The van der Waals surface area contributed by atoms with Crippen molar-refractivity contribution in [1.29, 1.82) is 0 Å². The zero-order valence-corrected chi connectivity index (χ0v) is 39.3. The molecule has 4 aromatic rings. The molecule has 61 heavy (non-hydrogen) atoms. The van der Waals surface area contributed by atoms with E-state index in [4.69, 9.17) is 14.7 Å². The first kappa shape index (κ1) is 45.7. The number of carbonyl (C=O) groups is 4. The second-order valence-electron chi connectivity index (χ2n) is 17.0. The number of aromatic nitrogens is 4. The molecule has 3 heterocycles. The molecule has 2 fully saturated rings. The maximum atomic E-state index is 14.0. The molecule has 7 atom stereocenters. The van der Waals surface area contributed by atoms with Crippen molar-refractivity contribution in [1.82, 2.24) is 35.1 Å². The number of halogens is 2. The third kappa shape index (κ3) is 9.95. The fraction of sp³-hybridized carbons (Fsp3) is 0.489. The van der Waals surface area contributed by atoms with Crippen LogP contribution in [0.3, 0.4) is 0 Å². The van der Waals surface area contributed by atoms with E-state index >= 15 is 0 Å². The summed E-state index contributed by atoms with van der Waals surface area (Å²) in [7, 11) is 2.55. The predicted molar refractivity (Wildman–Crippen MR) is 241 cm³/mol. The number of alkyl carbamates (subject to hydrolysis) is 1. The summed E-state index contributed by atoms with van der Waals surface area (Å²) in [6, 6.07) is 15.3. The molecule has 6 rings (SSSR count). The largest absolute Gasteiger partial charge is 0.453 e. The van der Waals surface area contributed by atoms with Gasteiger partial charge in [0.2, 0.25) is 11.8 Å². The van der Waals surface area contributed by atoms with Crippen LogP contribution in [0, 0.1) is 29.6 Å². The molecule has 2 aromatic carbocycles. The van der Waals surface area contributed by atoms with Gasteiger partial charge >= 0.3 is 12.2 Å². The van der Waals surface area contributed by atoms with Crippen molar-refractivity contribution in [2.75, 3.05) is 14.2 Å². The minimum atomic E-state index is -0.736. The van der Waals surface area contributed by atoms with Crippen LogP contribution in [0.4, 0.5) is 9.59 Å². The minimum Gasteiger partial charge on any atom is -0.453 e. The zero-order valence-electron chi connectivity index (χ0n) is 36.2. The Morgan fingerprint density at radius 2 is 1.41 bits per heavy atom. The van der Waals surface area contributed by atoms with E-state index < -0.39 is 24.1 Å². The lowest BCUT2D eigenvalue weighted by atomic mass is 9.79. The average molecular weight is 965 g/mol. The highest BCUT2D eigenvalue weighted by molar-refractivity contribution is 9.10. The Kier molecular flexibility index (Phi) is 14.6. The number of imidazole rings is 2. The molecule has 1 saturated carbocycles. The highest BCUT2D eigenvalue weighted by Crippen LogP contribution is 2.42.